The molecule has 0 bridgehead atoms. The SMILES string of the molecule is C#CCN(CCO)C(=O)OC(C)(C)C. The van der Waals surface area contributed by atoms with Crippen molar-refractivity contribution < 1.29 is 14.6 Å². The van der Waals surface area contributed by atoms with Crippen LogP contribution in [-0.4, -0.2) is 41.4 Å². The predicted octanol–water partition coefficient (Wildman–Crippen LogP) is 0.849. The van der Waals surface area contributed by atoms with E-state index >= 15 is 0 Å². The quantitative estimate of drug-likeness (QED) is 0.685. The van der Waals surface area contributed by atoms with Crippen LogP contribution in [0.25, 0.3) is 0 Å². The Hall–Kier alpha value is -1.21. The lowest BCUT2D eigenvalue weighted by molar-refractivity contribution is 0.0246. The Morgan fingerprint density at radius 1 is 1.57 bits per heavy atom. The third-order valence-electron chi connectivity index (χ3n) is 1.30. The van der Waals surface area contributed by atoms with Crippen molar-refractivity contribution in [1.29, 1.82) is 0 Å². The van der Waals surface area contributed by atoms with Crippen LogP contribution in [0.2, 0.25) is 0 Å². The number of hydrogen-bond acceptors (Lipinski definition) is 3. The molecule has 0 radical (unpaired) electrons. The maximum Gasteiger partial charge on any atom is 0.411 e. The minimum absolute atomic E-state index is 0.124. The van der Waals surface area contributed by atoms with Gasteiger partial charge in [0.05, 0.1) is 13.2 Å². The maximum absolute atomic E-state index is 11.4. The normalized spacial score (nSPS) is 10.5. The van der Waals surface area contributed by atoms with Crippen molar-refractivity contribution in [2.45, 2.75) is 26.4 Å². The molecule has 0 fully saturated rings. The lowest BCUT2D eigenvalue weighted by Gasteiger charge is -2.25. The molecule has 0 aromatic rings. The van der Waals surface area contributed by atoms with Crippen LogP contribution in [0, 0.1) is 12.3 Å². The summed E-state index contributed by atoms with van der Waals surface area (Å²) in [5.74, 6) is 2.33. The van der Waals surface area contributed by atoms with E-state index in [1.54, 1.807) is 20.8 Å². The zero-order chi connectivity index (χ0) is 11.2. The molecule has 0 unspecified atom stereocenters. The van der Waals surface area contributed by atoms with Crippen LogP contribution in [-0.2, 0) is 4.74 Å². The first-order chi connectivity index (χ1) is 6.40. The largest absolute Gasteiger partial charge is 0.444 e. The van der Waals surface area contributed by atoms with Gasteiger partial charge in [0.15, 0.2) is 0 Å². The molecule has 0 aliphatic heterocycles. The summed E-state index contributed by atoms with van der Waals surface area (Å²) in [5, 5.41) is 8.69. The number of amides is 1. The van der Waals surface area contributed by atoms with Crippen LogP contribution in [0.5, 0.6) is 0 Å². The molecule has 0 aliphatic carbocycles. The van der Waals surface area contributed by atoms with Crippen LogP contribution >= 0.6 is 0 Å². The van der Waals surface area contributed by atoms with Crippen molar-refractivity contribution in [3.05, 3.63) is 0 Å². The Kier molecular flexibility index (Phi) is 5.03. The van der Waals surface area contributed by atoms with Gasteiger partial charge in [-0.15, -0.1) is 6.42 Å². The highest BCUT2D eigenvalue weighted by Crippen LogP contribution is 2.09. The molecule has 0 atom stereocenters. The van der Waals surface area contributed by atoms with E-state index in [-0.39, 0.29) is 19.7 Å². The number of carbonyl (C=O) groups is 1. The first kappa shape index (κ1) is 12.8. The van der Waals surface area contributed by atoms with Crippen molar-refractivity contribution in [3.63, 3.8) is 0 Å². The van der Waals surface area contributed by atoms with E-state index in [1.165, 1.54) is 4.90 Å². The van der Waals surface area contributed by atoms with Gasteiger partial charge >= 0.3 is 6.09 Å². The van der Waals surface area contributed by atoms with Crippen LogP contribution in [0.15, 0.2) is 0 Å². The zero-order valence-corrected chi connectivity index (χ0v) is 8.91. The van der Waals surface area contributed by atoms with Crippen molar-refractivity contribution >= 4 is 6.09 Å². The van der Waals surface area contributed by atoms with Gasteiger partial charge in [0.2, 0.25) is 0 Å². The summed E-state index contributed by atoms with van der Waals surface area (Å²) in [6.07, 6.45) is 4.58. The monoisotopic (exact) mass is 199 g/mol. The molecule has 4 heteroatoms. The van der Waals surface area contributed by atoms with Crippen molar-refractivity contribution in [3.8, 4) is 12.3 Å². The molecule has 0 rings (SSSR count). The number of rotatable bonds is 3. The summed E-state index contributed by atoms with van der Waals surface area (Å²) >= 11 is 0. The highest BCUT2D eigenvalue weighted by atomic mass is 16.6. The van der Waals surface area contributed by atoms with Crippen molar-refractivity contribution in [2.75, 3.05) is 19.7 Å². The first-order valence-corrected chi connectivity index (χ1v) is 4.43. The van der Waals surface area contributed by atoms with E-state index in [4.69, 9.17) is 16.3 Å². The average molecular weight is 199 g/mol. The second-order valence-corrected chi connectivity index (χ2v) is 3.83. The van der Waals surface area contributed by atoms with Gasteiger partial charge in [-0.3, -0.25) is 4.90 Å². The molecule has 0 aromatic carbocycles. The molecule has 1 amide bonds. The number of hydrogen-bond donors (Lipinski definition) is 1. The van der Waals surface area contributed by atoms with E-state index in [0.717, 1.165) is 0 Å². The predicted molar refractivity (Wildman–Crippen MR) is 53.7 cm³/mol. The molecular formula is C10H17NO3. The third-order valence-corrected chi connectivity index (χ3v) is 1.30. The first-order valence-electron chi connectivity index (χ1n) is 4.43. The molecule has 0 heterocycles. The summed E-state index contributed by atoms with van der Waals surface area (Å²) in [7, 11) is 0. The van der Waals surface area contributed by atoms with Gasteiger partial charge in [-0.05, 0) is 20.8 Å². The average Bonchev–Trinajstić information content (AvgIpc) is 2.01. The summed E-state index contributed by atoms with van der Waals surface area (Å²) in [6, 6.07) is 0. The van der Waals surface area contributed by atoms with Gasteiger partial charge in [0.25, 0.3) is 0 Å². The highest BCUT2D eigenvalue weighted by molar-refractivity contribution is 5.68. The fourth-order valence-electron chi connectivity index (χ4n) is 0.792. The van der Waals surface area contributed by atoms with Crippen molar-refractivity contribution in [2.24, 2.45) is 0 Å². The van der Waals surface area contributed by atoms with Gasteiger partial charge in [-0.25, -0.2) is 4.79 Å². The lowest BCUT2D eigenvalue weighted by Crippen LogP contribution is -2.38. The van der Waals surface area contributed by atoms with Gasteiger partial charge in [0, 0.05) is 6.54 Å². The highest BCUT2D eigenvalue weighted by Gasteiger charge is 2.20. The van der Waals surface area contributed by atoms with E-state index < -0.39 is 11.7 Å². The molecule has 0 saturated carbocycles. The third kappa shape index (κ3) is 5.44. The number of aliphatic hydroxyl groups is 1. The van der Waals surface area contributed by atoms with Crippen LogP contribution in [0.4, 0.5) is 4.79 Å². The number of terminal acetylenes is 1. The Bertz CT molecular complexity index is 225. The van der Waals surface area contributed by atoms with E-state index in [9.17, 15) is 4.79 Å². The van der Waals surface area contributed by atoms with Gasteiger partial charge in [-0.2, -0.15) is 0 Å². The number of aliphatic hydroxyl groups excluding tert-OH is 1. The van der Waals surface area contributed by atoms with Gasteiger partial charge < -0.3 is 9.84 Å². The molecule has 0 aliphatic rings. The fraction of sp³-hybridized carbons (Fsp3) is 0.700. The maximum atomic E-state index is 11.4. The van der Waals surface area contributed by atoms with Gasteiger partial charge in [-0.1, -0.05) is 5.92 Å². The Labute approximate surface area is 84.9 Å². The molecule has 14 heavy (non-hydrogen) atoms. The second kappa shape index (κ2) is 5.51. The number of carbonyl (C=O) groups excluding carboxylic acids is 1. The summed E-state index contributed by atoms with van der Waals surface area (Å²) in [4.78, 5) is 12.7. The molecular weight excluding hydrogens is 182 g/mol. The summed E-state index contributed by atoms with van der Waals surface area (Å²) in [5.41, 5.74) is -0.542. The molecule has 1 N–H and O–H groups in total. The van der Waals surface area contributed by atoms with E-state index in [0.29, 0.717) is 0 Å². The topological polar surface area (TPSA) is 49.8 Å². The Morgan fingerprint density at radius 2 is 2.14 bits per heavy atom. The molecule has 4 nitrogen and oxygen atoms in total. The molecule has 80 valence electrons. The zero-order valence-electron chi connectivity index (χ0n) is 8.91. The standard InChI is InChI=1S/C10H17NO3/c1-5-6-11(7-8-12)9(13)14-10(2,3)4/h1,12H,6-8H2,2-4H3. The summed E-state index contributed by atoms with van der Waals surface area (Å²) in [6.45, 7) is 5.54. The lowest BCUT2D eigenvalue weighted by atomic mass is 10.2. The number of nitrogens with zero attached hydrogens (tertiary/aromatic N) is 1. The minimum Gasteiger partial charge on any atom is -0.444 e. The van der Waals surface area contributed by atoms with Crippen LogP contribution in [0.3, 0.4) is 0 Å². The van der Waals surface area contributed by atoms with E-state index in [2.05, 4.69) is 5.92 Å². The minimum atomic E-state index is -0.542. The van der Waals surface area contributed by atoms with E-state index in [1.807, 2.05) is 0 Å². The Balaban J connectivity index is 4.23. The smallest absolute Gasteiger partial charge is 0.411 e. The Morgan fingerprint density at radius 3 is 2.50 bits per heavy atom. The van der Waals surface area contributed by atoms with Gasteiger partial charge in [0.1, 0.15) is 5.60 Å². The molecule has 0 aromatic heterocycles. The fourth-order valence-corrected chi connectivity index (χ4v) is 0.792. The number of ether oxygens (including phenoxy) is 1. The summed E-state index contributed by atoms with van der Waals surface area (Å²) < 4.78 is 5.09. The van der Waals surface area contributed by atoms with Crippen LogP contribution in [0.1, 0.15) is 20.8 Å². The van der Waals surface area contributed by atoms with Crippen LogP contribution < -0.4 is 0 Å². The van der Waals surface area contributed by atoms with Crippen molar-refractivity contribution in [1.82, 2.24) is 4.90 Å². The molecule has 0 spiro atoms. The molecule has 0 saturated heterocycles. The second-order valence-electron chi connectivity index (χ2n) is 3.83.